The van der Waals surface area contributed by atoms with E-state index in [9.17, 15) is 23.1 Å². The zero-order valence-corrected chi connectivity index (χ0v) is 20.9. The molecule has 0 saturated heterocycles. The number of carbonyl (C=O) groups excluding carboxylic acids is 1. The van der Waals surface area contributed by atoms with E-state index < -0.39 is 23.3 Å². The molecule has 1 N–H and O–H groups in total. The molecule has 0 radical (unpaired) electrons. The highest BCUT2D eigenvalue weighted by molar-refractivity contribution is 7.09. The van der Waals surface area contributed by atoms with Crippen LogP contribution in [0.5, 0.6) is 5.75 Å². The summed E-state index contributed by atoms with van der Waals surface area (Å²) in [5.74, 6) is 0.0694. The number of alkyl halides is 3. The van der Waals surface area contributed by atoms with E-state index in [1.54, 1.807) is 12.1 Å². The lowest BCUT2D eigenvalue weighted by Gasteiger charge is -2.31. The van der Waals surface area contributed by atoms with Gasteiger partial charge in [-0.25, -0.2) is 9.78 Å². The zero-order chi connectivity index (χ0) is 26.1. The topological polar surface area (TPSA) is 71.9 Å². The quantitative estimate of drug-likeness (QED) is 0.341. The molecule has 0 bridgehead atoms. The minimum atomic E-state index is -4.53. The number of nitrogens with zero attached hydrogens (tertiary/aromatic N) is 2. The van der Waals surface area contributed by atoms with Crippen LogP contribution in [0.4, 0.5) is 13.2 Å². The van der Waals surface area contributed by atoms with Crippen LogP contribution in [0.15, 0.2) is 60.0 Å². The lowest BCUT2D eigenvalue weighted by Crippen LogP contribution is -2.39. The third-order valence-electron chi connectivity index (χ3n) is 5.71. The van der Waals surface area contributed by atoms with E-state index in [4.69, 9.17) is 4.74 Å². The number of carbonyl (C=O) groups is 1. The highest BCUT2D eigenvalue weighted by atomic mass is 32.1. The molecule has 2 atom stereocenters. The molecule has 36 heavy (non-hydrogen) atoms. The normalized spacial score (nSPS) is 13.4. The molecule has 2 aromatic carbocycles. The molecule has 0 spiro atoms. The number of hydrogen-bond donors (Lipinski definition) is 1. The first kappa shape index (κ1) is 27.6. The first-order chi connectivity index (χ1) is 17.2. The number of aliphatic hydroxyl groups excluding tert-OH is 1. The molecule has 0 amide bonds. The molecule has 3 aromatic rings. The second-order valence-electron chi connectivity index (χ2n) is 8.38. The maximum absolute atomic E-state index is 13.0. The number of ether oxygens (including phenoxy) is 2. The summed E-state index contributed by atoms with van der Waals surface area (Å²) in [5.41, 5.74) is 2.17. The summed E-state index contributed by atoms with van der Waals surface area (Å²) >= 11 is 0.486. The summed E-state index contributed by atoms with van der Waals surface area (Å²) in [4.78, 5) is 16.9. The Balaban J connectivity index is 1.67. The van der Waals surface area contributed by atoms with Crippen LogP contribution in [-0.4, -0.2) is 53.8 Å². The maximum atomic E-state index is 13.0. The van der Waals surface area contributed by atoms with Gasteiger partial charge in [-0.05, 0) is 43.0 Å². The average molecular weight is 523 g/mol. The Morgan fingerprint density at radius 2 is 1.81 bits per heavy atom. The van der Waals surface area contributed by atoms with Crippen molar-refractivity contribution in [1.29, 1.82) is 0 Å². The third-order valence-corrected chi connectivity index (χ3v) is 6.61. The molecule has 1 heterocycles. The molecule has 1 aromatic heterocycles. The molecule has 3 rings (SSSR count). The molecular formula is C26H29F3N2O4S. The van der Waals surface area contributed by atoms with Gasteiger partial charge in [-0.1, -0.05) is 42.5 Å². The lowest BCUT2D eigenvalue weighted by molar-refractivity contribution is -0.143. The summed E-state index contributed by atoms with van der Waals surface area (Å²) < 4.78 is 48.8. The summed E-state index contributed by atoms with van der Waals surface area (Å²) in [6.45, 7) is 2.60. The Bertz CT molecular complexity index is 1090. The van der Waals surface area contributed by atoms with Crippen molar-refractivity contribution >= 4 is 17.3 Å². The van der Waals surface area contributed by atoms with E-state index >= 15 is 0 Å². The standard InChI is InChI=1S/C26H29F3N2O4S/c1-18(14-20-8-10-21(11-9-20)35-16-24(33)34-2)31(13-12-19-6-4-3-5-7-19)15-23(32)22-17-36-25(30-22)26(27,28)29/h3-11,17-18,23,32H,12-16H2,1-2H3. The van der Waals surface area contributed by atoms with Crippen molar-refractivity contribution in [3.8, 4) is 5.75 Å². The summed E-state index contributed by atoms with van der Waals surface area (Å²) in [5, 5.41) is 11.0. The Hall–Kier alpha value is -2.95. The minimum Gasteiger partial charge on any atom is -0.482 e. The first-order valence-electron chi connectivity index (χ1n) is 11.4. The molecule has 6 nitrogen and oxygen atoms in total. The van der Waals surface area contributed by atoms with Crippen LogP contribution in [0.25, 0.3) is 0 Å². The number of esters is 1. The average Bonchev–Trinajstić information content (AvgIpc) is 3.38. The molecule has 0 fully saturated rings. The van der Waals surface area contributed by atoms with Gasteiger partial charge >= 0.3 is 12.1 Å². The zero-order valence-electron chi connectivity index (χ0n) is 20.1. The van der Waals surface area contributed by atoms with Crippen molar-refractivity contribution in [3.63, 3.8) is 0 Å². The molecule has 194 valence electrons. The predicted octanol–water partition coefficient (Wildman–Crippen LogP) is 4.92. The highest BCUT2D eigenvalue weighted by Gasteiger charge is 2.35. The fourth-order valence-corrected chi connectivity index (χ4v) is 4.42. The summed E-state index contributed by atoms with van der Waals surface area (Å²) in [6, 6.07) is 17.2. The van der Waals surface area contributed by atoms with Crippen LogP contribution in [0.2, 0.25) is 0 Å². The van der Waals surface area contributed by atoms with Gasteiger partial charge in [0.05, 0.1) is 12.8 Å². The van der Waals surface area contributed by atoms with Crippen molar-refractivity contribution in [1.82, 2.24) is 9.88 Å². The van der Waals surface area contributed by atoms with Gasteiger partial charge in [0.15, 0.2) is 11.6 Å². The van der Waals surface area contributed by atoms with Gasteiger partial charge in [0.25, 0.3) is 0 Å². The van der Waals surface area contributed by atoms with Gasteiger partial charge in [0, 0.05) is 24.5 Å². The van der Waals surface area contributed by atoms with Gasteiger partial charge in [0.2, 0.25) is 0 Å². The highest BCUT2D eigenvalue weighted by Crippen LogP contribution is 2.33. The SMILES string of the molecule is COC(=O)COc1ccc(CC(C)N(CCc2ccccc2)CC(O)c2csc(C(F)(F)F)n2)cc1. The molecular weight excluding hydrogens is 493 g/mol. The lowest BCUT2D eigenvalue weighted by atomic mass is 10.0. The smallest absolute Gasteiger partial charge is 0.443 e. The largest absolute Gasteiger partial charge is 0.482 e. The van der Waals surface area contributed by atoms with Crippen LogP contribution in [0, 0.1) is 0 Å². The fraction of sp³-hybridized carbons (Fsp3) is 0.385. The predicted molar refractivity (Wildman–Crippen MR) is 131 cm³/mol. The first-order valence-corrected chi connectivity index (χ1v) is 12.3. The van der Waals surface area contributed by atoms with Crippen molar-refractivity contribution in [2.75, 3.05) is 26.8 Å². The van der Waals surface area contributed by atoms with Gasteiger partial charge in [0.1, 0.15) is 11.9 Å². The Morgan fingerprint density at radius 1 is 1.11 bits per heavy atom. The van der Waals surface area contributed by atoms with E-state index in [-0.39, 0.29) is 24.9 Å². The molecule has 10 heteroatoms. The minimum absolute atomic E-state index is 0.0223. The summed E-state index contributed by atoms with van der Waals surface area (Å²) in [7, 11) is 1.29. The van der Waals surface area contributed by atoms with E-state index in [0.717, 1.165) is 17.5 Å². The van der Waals surface area contributed by atoms with E-state index in [1.165, 1.54) is 12.5 Å². The van der Waals surface area contributed by atoms with Crippen LogP contribution in [0.3, 0.4) is 0 Å². The second kappa shape index (κ2) is 12.8. The summed E-state index contributed by atoms with van der Waals surface area (Å²) in [6.07, 6.45) is -4.31. The van der Waals surface area contributed by atoms with Crippen molar-refractivity contribution < 1.29 is 32.5 Å². The monoisotopic (exact) mass is 522 g/mol. The van der Waals surface area contributed by atoms with Crippen molar-refractivity contribution in [3.05, 3.63) is 81.8 Å². The Kier molecular flexibility index (Phi) is 9.86. The molecule has 0 aliphatic carbocycles. The van der Waals surface area contributed by atoms with Crippen LogP contribution < -0.4 is 4.74 Å². The number of aromatic nitrogens is 1. The van der Waals surface area contributed by atoms with Crippen molar-refractivity contribution in [2.45, 2.75) is 38.1 Å². The molecule has 0 saturated carbocycles. The van der Waals surface area contributed by atoms with Gasteiger partial charge < -0.3 is 14.6 Å². The number of benzene rings is 2. The van der Waals surface area contributed by atoms with Crippen LogP contribution in [0.1, 0.15) is 34.9 Å². The van der Waals surface area contributed by atoms with Gasteiger partial charge in [-0.3, -0.25) is 4.90 Å². The molecule has 0 aliphatic heterocycles. The second-order valence-corrected chi connectivity index (χ2v) is 9.24. The van der Waals surface area contributed by atoms with Gasteiger partial charge in [-0.15, -0.1) is 11.3 Å². The van der Waals surface area contributed by atoms with Crippen molar-refractivity contribution in [2.24, 2.45) is 0 Å². The number of hydrogen-bond acceptors (Lipinski definition) is 7. The third kappa shape index (κ3) is 8.32. The van der Waals surface area contributed by atoms with E-state index in [1.807, 2.05) is 49.4 Å². The van der Waals surface area contributed by atoms with Gasteiger partial charge in [-0.2, -0.15) is 13.2 Å². The van der Waals surface area contributed by atoms with E-state index in [2.05, 4.69) is 14.6 Å². The number of aliphatic hydroxyl groups is 1. The number of thiazole rings is 1. The fourth-order valence-electron chi connectivity index (χ4n) is 3.69. The number of rotatable bonds is 12. The Morgan fingerprint density at radius 3 is 2.42 bits per heavy atom. The number of methoxy groups -OCH3 is 1. The number of halogens is 3. The molecule has 2 unspecified atom stereocenters. The van der Waals surface area contributed by atoms with E-state index in [0.29, 0.717) is 30.1 Å². The van der Waals surface area contributed by atoms with Crippen LogP contribution in [-0.2, 0) is 28.5 Å². The Labute approximate surface area is 212 Å². The van der Waals surface area contributed by atoms with Crippen LogP contribution >= 0.6 is 11.3 Å². The molecule has 0 aliphatic rings. The maximum Gasteiger partial charge on any atom is 0.443 e.